The van der Waals surface area contributed by atoms with Crippen LogP contribution in [0, 0.1) is 0 Å². The van der Waals surface area contributed by atoms with Crippen LogP contribution in [0.2, 0.25) is 0 Å². The summed E-state index contributed by atoms with van der Waals surface area (Å²) in [5.41, 5.74) is 15.8. The second-order valence-corrected chi connectivity index (χ2v) is 6.28. The molecule has 0 saturated heterocycles. The molecule has 0 atom stereocenters. The van der Waals surface area contributed by atoms with Gasteiger partial charge in [-0.2, -0.15) is 0 Å². The molecule has 0 radical (unpaired) electrons. The van der Waals surface area contributed by atoms with E-state index in [1.807, 2.05) is 91.5 Å². The van der Waals surface area contributed by atoms with E-state index in [2.05, 4.69) is 4.99 Å². The first-order valence-corrected chi connectivity index (χ1v) is 9.47. The van der Waals surface area contributed by atoms with Crippen molar-refractivity contribution in [3.63, 3.8) is 0 Å². The number of rotatable bonds is 4. The van der Waals surface area contributed by atoms with E-state index in [0.29, 0.717) is 19.0 Å². The number of nitrogens with zero attached hydrogens (tertiary/aromatic N) is 2. The number of hydrogen-bond donors (Lipinski definition) is 2. The van der Waals surface area contributed by atoms with Crippen LogP contribution in [0.4, 0.5) is 11.4 Å². The first-order valence-electron chi connectivity index (χ1n) is 9.47. The maximum Gasteiger partial charge on any atom is 0.197 e. The molecule has 0 unspecified atom stereocenters. The molecule has 0 bridgehead atoms. The number of aliphatic imine (C=N–C) groups is 1. The van der Waals surface area contributed by atoms with Crippen molar-refractivity contribution in [2.75, 3.05) is 5.73 Å². The van der Waals surface area contributed by atoms with Gasteiger partial charge in [-0.25, -0.2) is 4.99 Å². The van der Waals surface area contributed by atoms with Gasteiger partial charge in [-0.1, -0.05) is 44.2 Å². The van der Waals surface area contributed by atoms with Gasteiger partial charge < -0.3 is 21.1 Å². The van der Waals surface area contributed by atoms with E-state index < -0.39 is 0 Å². The van der Waals surface area contributed by atoms with Gasteiger partial charge in [0.25, 0.3) is 0 Å². The van der Waals surface area contributed by atoms with Crippen molar-refractivity contribution in [2.45, 2.75) is 26.9 Å². The fourth-order valence-corrected chi connectivity index (χ4v) is 3.02. The highest BCUT2D eigenvalue weighted by molar-refractivity contribution is 5.83. The average molecular weight is 374 g/mol. The Bertz CT molecular complexity index is 954. The number of nitrogens with two attached hydrogens (primary N) is 2. The minimum atomic E-state index is 0.511. The molecule has 0 aliphatic carbocycles. The summed E-state index contributed by atoms with van der Waals surface area (Å²) in [6, 6.07) is 23.4. The van der Waals surface area contributed by atoms with Crippen LogP contribution in [0.5, 0.6) is 11.5 Å². The molecule has 28 heavy (non-hydrogen) atoms. The Morgan fingerprint density at radius 1 is 0.893 bits per heavy atom. The van der Waals surface area contributed by atoms with Crippen molar-refractivity contribution in [1.82, 2.24) is 4.90 Å². The minimum Gasteiger partial charge on any atom is -0.457 e. The molecule has 0 aromatic heterocycles. The van der Waals surface area contributed by atoms with Gasteiger partial charge in [0.15, 0.2) is 5.96 Å². The first-order chi connectivity index (χ1) is 13.7. The Kier molecular flexibility index (Phi) is 6.17. The maximum atomic E-state index is 6.15. The van der Waals surface area contributed by atoms with Crippen molar-refractivity contribution in [1.29, 1.82) is 0 Å². The predicted molar refractivity (Wildman–Crippen MR) is 116 cm³/mol. The largest absolute Gasteiger partial charge is 0.457 e. The van der Waals surface area contributed by atoms with Crippen LogP contribution < -0.4 is 16.2 Å². The first kappa shape index (κ1) is 19.3. The molecule has 4 N–H and O–H groups in total. The Balaban J connectivity index is 0.00000109. The van der Waals surface area contributed by atoms with Crippen LogP contribution in [-0.2, 0) is 13.1 Å². The Morgan fingerprint density at radius 3 is 2.43 bits per heavy atom. The summed E-state index contributed by atoms with van der Waals surface area (Å²) in [5, 5.41) is 0. The zero-order valence-electron chi connectivity index (χ0n) is 16.3. The van der Waals surface area contributed by atoms with Gasteiger partial charge in [-0.3, -0.25) is 0 Å². The van der Waals surface area contributed by atoms with E-state index in [-0.39, 0.29) is 0 Å². The summed E-state index contributed by atoms with van der Waals surface area (Å²) in [4.78, 5) is 6.56. The van der Waals surface area contributed by atoms with Gasteiger partial charge in [-0.15, -0.1) is 0 Å². The molecule has 144 valence electrons. The lowest BCUT2D eigenvalue weighted by atomic mass is 10.1. The van der Waals surface area contributed by atoms with E-state index >= 15 is 0 Å². The molecule has 1 heterocycles. The van der Waals surface area contributed by atoms with Crippen LogP contribution in [0.1, 0.15) is 25.0 Å². The Morgan fingerprint density at radius 2 is 1.68 bits per heavy atom. The van der Waals surface area contributed by atoms with Crippen molar-refractivity contribution in [3.8, 4) is 11.5 Å². The fraction of sp³-hybridized carbons (Fsp3) is 0.174. The topological polar surface area (TPSA) is 76.9 Å². The van der Waals surface area contributed by atoms with Gasteiger partial charge in [0.2, 0.25) is 0 Å². The second kappa shape index (κ2) is 8.95. The van der Waals surface area contributed by atoms with E-state index in [1.54, 1.807) is 0 Å². The minimum absolute atomic E-state index is 0.511. The maximum absolute atomic E-state index is 6.15. The molecule has 5 heteroatoms. The van der Waals surface area contributed by atoms with E-state index in [0.717, 1.165) is 34.0 Å². The van der Waals surface area contributed by atoms with Gasteiger partial charge in [-0.05, 0) is 48.0 Å². The number of anilines is 1. The number of fused-ring (bicyclic) bond motifs is 1. The molecule has 0 fully saturated rings. The third-order valence-electron chi connectivity index (χ3n) is 4.27. The number of para-hydroxylation sites is 1. The lowest BCUT2D eigenvalue weighted by molar-refractivity contribution is 0.395. The highest BCUT2D eigenvalue weighted by atomic mass is 16.5. The third kappa shape index (κ3) is 4.62. The zero-order chi connectivity index (χ0) is 19.9. The highest BCUT2D eigenvalue weighted by Crippen LogP contribution is 2.31. The number of ether oxygens (including phenoxy) is 1. The van der Waals surface area contributed by atoms with Gasteiger partial charge in [0.1, 0.15) is 11.5 Å². The molecule has 4 rings (SSSR count). The van der Waals surface area contributed by atoms with Crippen molar-refractivity contribution in [2.24, 2.45) is 10.7 Å². The third-order valence-corrected chi connectivity index (χ3v) is 4.27. The van der Waals surface area contributed by atoms with Crippen LogP contribution in [0.25, 0.3) is 0 Å². The SMILES string of the molecule is CC.NC1=Nc2ccc(Oc3ccccc3)cc2CN1Cc1cccc(N)c1. The number of benzene rings is 3. The molecule has 1 aliphatic rings. The zero-order valence-corrected chi connectivity index (χ0v) is 16.3. The predicted octanol–water partition coefficient (Wildman–Crippen LogP) is 5.05. The molecule has 1 aliphatic heterocycles. The molecule has 3 aromatic rings. The smallest absolute Gasteiger partial charge is 0.197 e. The van der Waals surface area contributed by atoms with Crippen LogP contribution in [0.3, 0.4) is 0 Å². The second-order valence-electron chi connectivity index (χ2n) is 6.28. The van der Waals surface area contributed by atoms with E-state index in [9.17, 15) is 0 Å². The lowest BCUT2D eigenvalue weighted by Crippen LogP contribution is -2.38. The summed E-state index contributed by atoms with van der Waals surface area (Å²) in [5.74, 6) is 2.11. The summed E-state index contributed by atoms with van der Waals surface area (Å²) < 4.78 is 5.93. The molecular formula is C23H26N4O. The number of nitrogen functional groups attached to an aromatic ring is 1. The van der Waals surface area contributed by atoms with Gasteiger partial charge in [0, 0.05) is 24.3 Å². The monoisotopic (exact) mass is 374 g/mol. The van der Waals surface area contributed by atoms with Crippen molar-refractivity contribution < 1.29 is 4.74 Å². The number of hydrogen-bond acceptors (Lipinski definition) is 5. The van der Waals surface area contributed by atoms with Crippen molar-refractivity contribution in [3.05, 3.63) is 83.9 Å². The normalized spacial score (nSPS) is 12.4. The summed E-state index contributed by atoms with van der Waals surface area (Å²) in [6.45, 7) is 5.33. The molecule has 3 aromatic carbocycles. The standard InChI is InChI=1S/C21H20N4O.C2H6/c22-17-6-4-5-15(11-17)13-25-14-16-12-19(9-10-20(16)24-21(25)23)26-18-7-2-1-3-8-18;1-2/h1-12H,13-14,22H2,(H2,23,24);1-2H3. The Labute approximate surface area is 166 Å². The highest BCUT2D eigenvalue weighted by Gasteiger charge is 2.18. The summed E-state index contributed by atoms with van der Waals surface area (Å²) >= 11 is 0. The van der Waals surface area contributed by atoms with Crippen LogP contribution >= 0.6 is 0 Å². The average Bonchev–Trinajstić information content (AvgIpc) is 2.71. The Hall–Kier alpha value is -3.47. The molecular weight excluding hydrogens is 348 g/mol. The summed E-state index contributed by atoms with van der Waals surface area (Å²) in [7, 11) is 0. The molecule has 0 saturated carbocycles. The van der Waals surface area contributed by atoms with Gasteiger partial charge >= 0.3 is 0 Å². The van der Waals surface area contributed by atoms with Crippen LogP contribution in [-0.4, -0.2) is 10.9 Å². The lowest BCUT2D eigenvalue weighted by Gasteiger charge is -2.28. The fourth-order valence-electron chi connectivity index (χ4n) is 3.02. The molecule has 5 nitrogen and oxygen atoms in total. The molecule has 0 amide bonds. The summed E-state index contributed by atoms with van der Waals surface area (Å²) in [6.07, 6.45) is 0. The van der Waals surface area contributed by atoms with E-state index in [4.69, 9.17) is 16.2 Å². The molecule has 0 spiro atoms. The van der Waals surface area contributed by atoms with E-state index in [1.165, 1.54) is 0 Å². The van der Waals surface area contributed by atoms with Gasteiger partial charge in [0.05, 0.1) is 5.69 Å². The van der Waals surface area contributed by atoms with Crippen LogP contribution in [0.15, 0.2) is 77.8 Å². The number of guanidine groups is 1. The van der Waals surface area contributed by atoms with Crippen molar-refractivity contribution >= 4 is 17.3 Å². The quantitative estimate of drug-likeness (QED) is 0.627.